The normalized spacial score (nSPS) is 11.9. The van der Waals surface area contributed by atoms with E-state index in [0.29, 0.717) is 12.1 Å². The molecule has 1 atom stereocenters. The highest BCUT2D eigenvalue weighted by atomic mass is 16.5. The molecular weight excluding hydrogens is 316 g/mol. The molecule has 2 N–H and O–H groups in total. The number of methoxy groups -OCH3 is 1. The number of benzene rings is 2. The average Bonchev–Trinajstić information content (AvgIpc) is 2.67. The molecule has 0 fully saturated rings. The quantitative estimate of drug-likeness (QED) is 0.763. The van der Waals surface area contributed by atoms with Crippen LogP contribution in [0.5, 0.6) is 0 Å². The van der Waals surface area contributed by atoms with Gasteiger partial charge in [-0.25, -0.2) is 0 Å². The second kappa shape index (κ2) is 9.39. The summed E-state index contributed by atoms with van der Waals surface area (Å²) in [4.78, 5) is 23.5. The van der Waals surface area contributed by atoms with Crippen molar-refractivity contribution >= 4 is 17.9 Å². The lowest BCUT2D eigenvalue weighted by molar-refractivity contribution is -0.117. The molecule has 25 heavy (non-hydrogen) atoms. The second-order valence-corrected chi connectivity index (χ2v) is 5.41. The Kier molecular flexibility index (Phi) is 6.92. The lowest BCUT2D eigenvalue weighted by Gasteiger charge is -2.15. The number of carbonyl (C=O) groups excluding carboxylic acids is 2. The SMILES string of the molecule is CNC(=O)c1ccc(C=CC(=O)NCC(OC)c2ccccc2)cc1. The number of hydrogen-bond donors (Lipinski definition) is 2. The van der Waals surface area contributed by atoms with Gasteiger partial charge in [-0.05, 0) is 29.3 Å². The van der Waals surface area contributed by atoms with Crippen molar-refractivity contribution in [3.63, 3.8) is 0 Å². The Hall–Kier alpha value is -2.92. The first-order valence-electron chi connectivity index (χ1n) is 8.00. The van der Waals surface area contributed by atoms with Gasteiger partial charge in [-0.3, -0.25) is 9.59 Å². The number of rotatable bonds is 7. The minimum atomic E-state index is -0.201. The molecule has 5 nitrogen and oxygen atoms in total. The van der Waals surface area contributed by atoms with Crippen molar-refractivity contribution < 1.29 is 14.3 Å². The molecule has 0 saturated carbocycles. The van der Waals surface area contributed by atoms with Crippen molar-refractivity contribution in [1.29, 1.82) is 0 Å². The van der Waals surface area contributed by atoms with Gasteiger partial charge < -0.3 is 15.4 Å². The summed E-state index contributed by atoms with van der Waals surface area (Å²) < 4.78 is 5.42. The van der Waals surface area contributed by atoms with E-state index in [0.717, 1.165) is 11.1 Å². The van der Waals surface area contributed by atoms with Crippen LogP contribution < -0.4 is 10.6 Å². The molecule has 0 aromatic heterocycles. The summed E-state index contributed by atoms with van der Waals surface area (Å²) in [5, 5.41) is 5.39. The fourth-order valence-corrected chi connectivity index (χ4v) is 2.32. The molecule has 0 bridgehead atoms. The maximum atomic E-state index is 12.0. The van der Waals surface area contributed by atoms with Gasteiger partial charge in [0.15, 0.2) is 0 Å². The number of ether oxygens (including phenoxy) is 1. The fraction of sp³-hybridized carbons (Fsp3) is 0.200. The summed E-state index contributed by atoms with van der Waals surface area (Å²) in [6.07, 6.45) is 2.98. The zero-order valence-corrected chi connectivity index (χ0v) is 14.4. The third kappa shape index (κ3) is 5.58. The van der Waals surface area contributed by atoms with Crippen molar-refractivity contribution in [1.82, 2.24) is 10.6 Å². The van der Waals surface area contributed by atoms with Gasteiger partial charge >= 0.3 is 0 Å². The third-order valence-corrected chi connectivity index (χ3v) is 3.74. The Balaban J connectivity index is 1.89. The lowest BCUT2D eigenvalue weighted by Crippen LogP contribution is -2.27. The topological polar surface area (TPSA) is 67.4 Å². The molecule has 2 amide bonds. The van der Waals surface area contributed by atoms with E-state index in [1.807, 2.05) is 30.3 Å². The molecule has 2 rings (SSSR count). The van der Waals surface area contributed by atoms with Crippen LogP contribution in [0.4, 0.5) is 0 Å². The molecule has 5 heteroatoms. The second-order valence-electron chi connectivity index (χ2n) is 5.41. The zero-order valence-electron chi connectivity index (χ0n) is 14.4. The van der Waals surface area contributed by atoms with Crippen LogP contribution in [0.25, 0.3) is 6.08 Å². The predicted octanol–water partition coefficient (Wildman–Crippen LogP) is 2.56. The molecule has 130 valence electrons. The monoisotopic (exact) mass is 338 g/mol. The van der Waals surface area contributed by atoms with Crippen LogP contribution in [0.1, 0.15) is 27.6 Å². The molecule has 0 aliphatic rings. The fourth-order valence-electron chi connectivity index (χ4n) is 2.32. The van der Waals surface area contributed by atoms with Crippen molar-refractivity contribution in [2.75, 3.05) is 20.7 Å². The maximum Gasteiger partial charge on any atom is 0.251 e. The summed E-state index contributed by atoms with van der Waals surface area (Å²) in [5.74, 6) is -0.340. The molecule has 0 radical (unpaired) electrons. The van der Waals surface area contributed by atoms with E-state index in [4.69, 9.17) is 4.74 Å². The average molecular weight is 338 g/mol. The molecule has 0 aliphatic carbocycles. The van der Waals surface area contributed by atoms with E-state index >= 15 is 0 Å². The van der Waals surface area contributed by atoms with Crippen LogP contribution in [-0.2, 0) is 9.53 Å². The molecule has 2 aromatic carbocycles. The number of amides is 2. The van der Waals surface area contributed by atoms with Crippen molar-refractivity contribution in [2.24, 2.45) is 0 Å². The first-order chi connectivity index (χ1) is 12.1. The first kappa shape index (κ1) is 18.4. The van der Waals surface area contributed by atoms with E-state index in [2.05, 4.69) is 10.6 Å². The van der Waals surface area contributed by atoms with Gasteiger partial charge in [-0.15, -0.1) is 0 Å². The Morgan fingerprint density at radius 1 is 1.08 bits per heavy atom. The molecule has 2 aromatic rings. The van der Waals surface area contributed by atoms with Crippen LogP contribution in [-0.4, -0.2) is 32.5 Å². The van der Waals surface area contributed by atoms with Gasteiger partial charge in [0.1, 0.15) is 0 Å². The van der Waals surface area contributed by atoms with E-state index in [1.165, 1.54) is 6.08 Å². The minimum absolute atomic E-state index is 0.139. The van der Waals surface area contributed by atoms with Crippen molar-refractivity contribution in [2.45, 2.75) is 6.10 Å². The van der Waals surface area contributed by atoms with Gasteiger partial charge in [-0.2, -0.15) is 0 Å². The molecule has 0 spiro atoms. The number of carbonyl (C=O) groups is 2. The standard InChI is InChI=1S/C20H22N2O3/c1-21-20(24)17-11-8-15(9-12-17)10-13-19(23)22-14-18(25-2)16-6-4-3-5-7-16/h3-13,18H,14H2,1-2H3,(H,21,24)(H,22,23). The predicted molar refractivity (Wildman–Crippen MR) is 98.1 cm³/mol. The van der Waals surface area contributed by atoms with Crippen molar-refractivity contribution in [3.05, 3.63) is 77.4 Å². The minimum Gasteiger partial charge on any atom is -0.375 e. The number of hydrogen-bond acceptors (Lipinski definition) is 3. The summed E-state index contributed by atoms with van der Waals surface area (Å²) in [6.45, 7) is 0.388. The highest BCUT2D eigenvalue weighted by Crippen LogP contribution is 2.14. The molecule has 0 aliphatic heterocycles. The van der Waals surface area contributed by atoms with Gasteiger partial charge in [-0.1, -0.05) is 42.5 Å². The van der Waals surface area contributed by atoms with Gasteiger partial charge in [0.05, 0.1) is 6.10 Å². The number of nitrogens with one attached hydrogen (secondary N) is 2. The molecular formula is C20H22N2O3. The Morgan fingerprint density at radius 3 is 2.36 bits per heavy atom. The van der Waals surface area contributed by atoms with Gasteiger partial charge in [0, 0.05) is 32.3 Å². The first-order valence-corrected chi connectivity index (χ1v) is 8.00. The van der Waals surface area contributed by atoms with Crippen LogP contribution in [0.2, 0.25) is 0 Å². The third-order valence-electron chi connectivity index (χ3n) is 3.74. The van der Waals surface area contributed by atoms with Crippen LogP contribution >= 0.6 is 0 Å². The molecule has 0 saturated heterocycles. The molecule has 0 heterocycles. The van der Waals surface area contributed by atoms with E-state index in [9.17, 15) is 9.59 Å². The Morgan fingerprint density at radius 2 is 1.76 bits per heavy atom. The zero-order chi connectivity index (χ0) is 18.1. The highest BCUT2D eigenvalue weighted by Gasteiger charge is 2.10. The van der Waals surface area contributed by atoms with E-state index < -0.39 is 0 Å². The summed E-state index contributed by atoms with van der Waals surface area (Å²) in [6, 6.07) is 16.7. The van der Waals surface area contributed by atoms with Crippen LogP contribution in [0, 0.1) is 0 Å². The largest absolute Gasteiger partial charge is 0.375 e. The Bertz CT molecular complexity index is 724. The summed E-state index contributed by atoms with van der Waals surface area (Å²) in [7, 11) is 3.21. The summed E-state index contributed by atoms with van der Waals surface area (Å²) in [5.41, 5.74) is 2.43. The smallest absolute Gasteiger partial charge is 0.251 e. The lowest BCUT2D eigenvalue weighted by atomic mass is 10.1. The van der Waals surface area contributed by atoms with Gasteiger partial charge in [0.25, 0.3) is 5.91 Å². The Labute approximate surface area is 147 Å². The van der Waals surface area contributed by atoms with Crippen molar-refractivity contribution in [3.8, 4) is 0 Å². The van der Waals surface area contributed by atoms with Gasteiger partial charge in [0.2, 0.25) is 5.91 Å². The van der Waals surface area contributed by atoms with E-state index in [-0.39, 0.29) is 17.9 Å². The van der Waals surface area contributed by atoms with Crippen LogP contribution in [0.3, 0.4) is 0 Å². The summed E-state index contributed by atoms with van der Waals surface area (Å²) >= 11 is 0. The highest BCUT2D eigenvalue weighted by molar-refractivity contribution is 5.94. The van der Waals surface area contributed by atoms with Crippen LogP contribution in [0.15, 0.2) is 60.7 Å². The van der Waals surface area contributed by atoms with E-state index in [1.54, 1.807) is 44.5 Å². The maximum absolute atomic E-state index is 12.0. The molecule has 1 unspecified atom stereocenters.